The van der Waals surface area contributed by atoms with E-state index in [2.05, 4.69) is 0 Å². The highest BCUT2D eigenvalue weighted by Crippen LogP contribution is 2.18. The van der Waals surface area contributed by atoms with E-state index in [0.717, 1.165) is 22.2 Å². The number of hydrogen-bond acceptors (Lipinski definition) is 4. The summed E-state index contributed by atoms with van der Waals surface area (Å²) in [6.45, 7) is 3.97. The molecule has 0 fully saturated rings. The zero-order valence-electron chi connectivity index (χ0n) is 14.8. The van der Waals surface area contributed by atoms with E-state index < -0.39 is 0 Å². The molecule has 0 atom stereocenters. The molecule has 2 aromatic carbocycles. The Morgan fingerprint density at radius 3 is 2.62 bits per heavy atom. The van der Waals surface area contributed by atoms with Crippen molar-refractivity contribution in [1.29, 1.82) is 0 Å². The molecule has 0 aliphatic carbocycles. The van der Waals surface area contributed by atoms with Crippen molar-refractivity contribution in [3.8, 4) is 0 Å². The van der Waals surface area contributed by atoms with Crippen molar-refractivity contribution in [3.05, 3.63) is 69.8 Å². The van der Waals surface area contributed by atoms with Crippen molar-refractivity contribution in [1.82, 2.24) is 9.47 Å². The molecule has 136 valence electrons. The summed E-state index contributed by atoms with van der Waals surface area (Å²) in [5.74, 6) is 0.709. The van der Waals surface area contributed by atoms with E-state index in [-0.39, 0.29) is 10.1 Å². The molecule has 0 aliphatic rings. The van der Waals surface area contributed by atoms with Crippen LogP contribution in [0.1, 0.15) is 18.9 Å². The van der Waals surface area contributed by atoms with Crippen LogP contribution >= 0.6 is 23.1 Å². The van der Waals surface area contributed by atoms with E-state index in [1.807, 2.05) is 71.0 Å². The first-order chi connectivity index (χ1) is 12.7. The van der Waals surface area contributed by atoms with Crippen LogP contribution < -0.4 is 4.87 Å². The fourth-order valence-electron chi connectivity index (χ4n) is 2.81. The van der Waals surface area contributed by atoms with Crippen LogP contribution in [0.3, 0.4) is 0 Å². The fraction of sp³-hybridized carbons (Fsp3) is 0.300. The molecule has 0 aliphatic heterocycles. The lowest BCUT2D eigenvalue weighted by atomic mass is 10.2. The third-order valence-corrected chi connectivity index (χ3v) is 6.14. The van der Waals surface area contributed by atoms with Crippen molar-refractivity contribution < 1.29 is 4.79 Å². The van der Waals surface area contributed by atoms with Gasteiger partial charge in [-0.2, -0.15) is 0 Å². The second-order valence-corrected chi connectivity index (χ2v) is 7.99. The number of aryl methyl sites for hydroxylation is 1. The predicted molar refractivity (Wildman–Crippen MR) is 111 cm³/mol. The van der Waals surface area contributed by atoms with Crippen molar-refractivity contribution in [3.63, 3.8) is 0 Å². The summed E-state index contributed by atoms with van der Waals surface area (Å²) in [5.41, 5.74) is 2.12. The van der Waals surface area contributed by atoms with Gasteiger partial charge >= 0.3 is 4.87 Å². The molecule has 4 nitrogen and oxygen atoms in total. The van der Waals surface area contributed by atoms with Gasteiger partial charge in [-0.3, -0.25) is 14.2 Å². The maximum absolute atomic E-state index is 12.4. The van der Waals surface area contributed by atoms with Crippen LogP contribution in [0.5, 0.6) is 0 Å². The zero-order chi connectivity index (χ0) is 18.4. The van der Waals surface area contributed by atoms with Crippen LogP contribution in [0.25, 0.3) is 10.2 Å². The lowest BCUT2D eigenvalue weighted by Gasteiger charge is -2.20. The molecule has 3 rings (SSSR count). The van der Waals surface area contributed by atoms with Crippen molar-refractivity contribution in [2.24, 2.45) is 0 Å². The second-order valence-electron chi connectivity index (χ2n) is 5.96. The maximum Gasteiger partial charge on any atom is 0.308 e. The van der Waals surface area contributed by atoms with Crippen LogP contribution in [0.4, 0.5) is 4.79 Å². The molecule has 3 aromatic rings. The van der Waals surface area contributed by atoms with Gasteiger partial charge in [-0.1, -0.05) is 65.6 Å². The van der Waals surface area contributed by atoms with Gasteiger partial charge in [-0.15, -0.1) is 0 Å². The van der Waals surface area contributed by atoms with Gasteiger partial charge in [0.1, 0.15) is 0 Å². The number of aromatic nitrogens is 1. The van der Waals surface area contributed by atoms with E-state index in [9.17, 15) is 9.59 Å². The van der Waals surface area contributed by atoms with Crippen LogP contribution in [0.2, 0.25) is 0 Å². The summed E-state index contributed by atoms with van der Waals surface area (Å²) in [7, 11) is 0. The Balaban J connectivity index is 1.51. The number of thiazole rings is 1. The molecule has 6 heteroatoms. The number of rotatable bonds is 7. The Morgan fingerprint density at radius 2 is 1.85 bits per heavy atom. The largest absolute Gasteiger partial charge is 0.330 e. The smallest absolute Gasteiger partial charge is 0.308 e. The monoisotopic (exact) mass is 386 g/mol. The van der Waals surface area contributed by atoms with E-state index in [0.29, 0.717) is 25.4 Å². The normalized spacial score (nSPS) is 11.0. The fourth-order valence-corrected chi connectivity index (χ4v) is 4.55. The first-order valence-corrected chi connectivity index (χ1v) is 10.5. The van der Waals surface area contributed by atoms with Crippen LogP contribution in [0.15, 0.2) is 59.4 Å². The number of benzene rings is 2. The van der Waals surface area contributed by atoms with Crippen molar-refractivity contribution in [2.75, 3.05) is 12.3 Å². The molecule has 0 saturated heterocycles. The molecule has 1 heterocycles. The second kappa shape index (κ2) is 9.05. The third kappa shape index (κ3) is 4.56. The van der Waals surface area contributed by atoms with Gasteiger partial charge in [0.05, 0.1) is 10.2 Å². The average molecular weight is 387 g/mol. The third-order valence-electron chi connectivity index (χ3n) is 4.18. The Hall–Kier alpha value is -2.05. The number of hydrogen-bond donors (Lipinski definition) is 0. The molecular weight excluding hydrogens is 364 g/mol. The lowest BCUT2D eigenvalue weighted by molar-refractivity contribution is 0.223. The Kier molecular flexibility index (Phi) is 6.52. The molecular formula is C20H22N2O2S2. The highest BCUT2D eigenvalue weighted by Gasteiger charge is 2.13. The lowest BCUT2D eigenvalue weighted by Crippen LogP contribution is -2.27. The van der Waals surface area contributed by atoms with Gasteiger partial charge in [-0.05, 0) is 31.0 Å². The number of amides is 1. The molecule has 0 spiro atoms. The Morgan fingerprint density at radius 1 is 1.12 bits per heavy atom. The molecule has 0 bridgehead atoms. The van der Waals surface area contributed by atoms with Crippen molar-refractivity contribution >= 4 is 38.6 Å². The maximum atomic E-state index is 12.4. The summed E-state index contributed by atoms with van der Waals surface area (Å²) < 4.78 is 2.83. The van der Waals surface area contributed by atoms with Gasteiger partial charge in [0.25, 0.3) is 5.24 Å². The minimum absolute atomic E-state index is 0.0711. The summed E-state index contributed by atoms with van der Waals surface area (Å²) in [4.78, 5) is 26.5. The summed E-state index contributed by atoms with van der Waals surface area (Å²) in [5, 5.41) is 0.0962. The number of carbonyl (C=O) groups is 1. The summed E-state index contributed by atoms with van der Waals surface area (Å²) >= 11 is 2.61. The topological polar surface area (TPSA) is 42.3 Å². The van der Waals surface area contributed by atoms with Crippen molar-refractivity contribution in [2.45, 2.75) is 26.4 Å². The van der Waals surface area contributed by atoms with Gasteiger partial charge < -0.3 is 4.90 Å². The SMILES string of the molecule is CCN(Cc1ccccc1)C(=O)SCCCn1c(=O)sc2ccccc21. The molecule has 0 unspecified atom stereocenters. The zero-order valence-corrected chi connectivity index (χ0v) is 16.4. The summed E-state index contributed by atoms with van der Waals surface area (Å²) in [6, 6.07) is 17.9. The molecule has 1 aromatic heterocycles. The minimum atomic E-state index is 0.0711. The quantitative estimate of drug-likeness (QED) is 0.546. The first-order valence-electron chi connectivity index (χ1n) is 8.73. The standard InChI is InChI=1S/C20H22N2O2S2/c1-2-21(15-16-9-4-3-5-10-16)19(23)25-14-8-13-22-17-11-6-7-12-18(17)26-20(22)24/h3-7,9-12H,2,8,13-15H2,1H3. The molecule has 0 N–H and O–H groups in total. The highest BCUT2D eigenvalue weighted by molar-refractivity contribution is 8.13. The minimum Gasteiger partial charge on any atom is -0.330 e. The number of fused-ring (bicyclic) bond motifs is 1. The van der Waals surface area contributed by atoms with Crippen LogP contribution in [-0.4, -0.2) is 27.0 Å². The molecule has 0 radical (unpaired) electrons. The van der Waals surface area contributed by atoms with E-state index in [1.165, 1.54) is 23.1 Å². The highest BCUT2D eigenvalue weighted by atomic mass is 32.2. The Bertz CT molecular complexity index is 918. The van der Waals surface area contributed by atoms with E-state index >= 15 is 0 Å². The molecule has 26 heavy (non-hydrogen) atoms. The average Bonchev–Trinajstić information content (AvgIpc) is 2.99. The van der Waals surface area contributed by atoms with Gasteiger partial charge in [0.2, 0.25) is 0 Å². The number of carbonyl (C=O) groups excluding carboxylic acids is 1. The summed E-state index contributed by atoms with van der Waals surface area (Å²) in [6.07, 6.45) is 0.792. The number of thioether (sulfide) groups is 1. The predicted octanol–water partition coefficient (Wildman–Crippen LogP) is 4.83. The molecule has 0 saturated carbocycles. The van der Waals surface area contributed by atoms with Crippen LogP contribution in [-0.2, 0) is 13.1 Å². The van der Waals surface area contributed by atoms with E-state index in [4.69, 9.17) is 0 Å². The van der Waals surface area contributed by atoms with Gasteiger partial charge in [0.15, 0.2) is 0 Å². The van der Waals surface area contributed by atoms with Gasteiger partial charge in [-0.25, -0.2) is 0 Å². The number of para-hydroxylation sites is 1. The van der Waals surface area contributed by atoms with Gasteiger partial charge in [0, 0.05) is 25.4 Å². The first kappa shape index (κ1) is 18.7. The molecule has 1 amide bonds. The Labute approximate surface area is 161 Å². The van der Waals surface area contributed by atoms with E-state index in [1.54, 1.807) is 0 Å². The number of nitrogens with zero attached hydrogens (tertiary/aromatic N) is 2. The van der Waals surface area contributed by atoms with Crippen LogP contribution in [0, 0.1) is 0 Å².